The van der Waals surface area contributed by atoms with Crippen LogP contribution in [0.4, 0.5) is 0 Å². The predicted octanol–water partition coefficient (Wildman–Crippen LogP) is 5.14. The zero-order valence-electron chi connectivity index (χ0n) is 18.9. The van der Waals surface area contributed by atoms with Crippen LogP contribution in [0.2, 0.25) is 5.02 Å². The summed E-state index contributed by atoms with van der Waals surface area (Å²) in [6, 6.07) is 14.7. The topological polar surface area (TPSA) is 58.6 Å². The monoisotopic (exact) mass is 444 g/mol. The molecule has 0 aliphatic carbocycles. The van der Waals surface area contributed by atoms with Gasteiger partial charge in [0.25, 0.3) is 0 Å². The van der Waals surface area contributed by atoms with Gasteiger partial charge in [-0.05, 0) is 63.4 Å². The molecule has 0 bridgehead atoms. The number of carbonyl (C=O) groups is 2. The van der Waals surface area contributed by atoms with E-state index in [9.17, 15) is 9.59 Å². The molecule has 0 saturated carbocycles. The third-order valence-corrected chi connectivity index (χ3v) is 5.16. The maximum Gasteiger partial charge on any atom is 0.243 e. The molecule has 31 heavy (non-hydrogen) atoms. The lowest BCUT2D eigenvalue weighted by molar-refractivity contribution is -0.141. The van der Waals surface area contributed by atoms with Gasteiger partial charge in [-0.3, -0.25) is 9.59 Å². The molecule has 0 aliphatic rings. The van der Waals surface area contributed by atoms with Gasteiger partial charge in [-0.1, -0.05) is 48.4 Å². The Hall–Kier alpha value is -2.53. The lowest BCUT2D eigenvalue weighted by Crippen LogP contribution is -2.50. The first-order chi connectivity index (χ1) is 14.8. The first kappa shape index (κ1) is 24.7. The van der Waals surface area contributed by atoms with E-state index in [1.807, 2.05) is 52.0 Å². The molecular formula is C25H33ClN2O3. The van der Waals surface area contributed by atoms with Crippen LogP contribution in [-0.4, -0.2) is 35.4 Å². The average molecular weight is 445 g/mol. The first-order valence-electron chi connectivity index (χ1n) is 10.8. The number of aryl methyl sites for hydroxylation is 1. The molecule has 5 nitrogen and oxygen atoms in total. The zero-order chi connectivity index (χ0) is 22.8. The molecule has 6 heteroatoms. The summed E-state index contributed by atoms with van der Waals surface area (Å²) in [5.41, 5.74) is 2.16. The number of halogens is 1. The molecule has 0 unspecified atom stereocenters. The van der Waals surface area contributed by atoms with Gasteiger partial charge in [0.1, 0.15) is 11.8 Å². The highest BCUT2D eigenvalue weighted by Crippen LogP contribution is 2.17. The Morgan fingerprint density at radius 3 is 2.29 bits per heavy atom. The molecule has 2 rings (SSSR count). The molecular weight excluding hydrogens is 412 g/mol. The number of hydrogen-bond donors (Lipinski definition) is 1. The van der Waals surface area contributed by atoms with Gasteiger partial charge < -0.3 is 15.0 Å². The van der Waals surface area contributed by atoms with E-state index in [1.54, 1.807) is 29.2 Å². The number of carbonyl (C=O) groups excluding carboxylic acids is 2. The van der Waals surface area contributed by atoms with E-state index in [2.05, 4.69) is 5.32 Å². The summed E-state index contributed by atoms with van der Waals surface area (Å²) in [7, 11) is 0. The Morgan fingerprint density at radius 1 is 1.06 bits per heavy atom. The quantitative estimate of drug-likeness (QED) is 0.488. The molecule has 2 amide bonds. The second-order valence-corrected chi connectivity index (χ2v) is 8.44. The normalized spacial score (nSPS) is 11.8. The van der Waals surface area contributed by atoms with Crippen LogP contribution in [0.3, 0.4) is 0 Å². The van der Waals surface area contributed by atoms with Gasteiger partial charge in [0, 0.05) is 24.0 Å². The number of nitrogens with zero attached hydrogens (tertiary/aromatic N) is 1. The summed E-state index contributed by atoms with van der Waals surface area (Å²) in [6.45, 7) is 8.62. The number of rotatable bonds is 11. The maximum absolute atomic E-state index is 13.1. The summed E-state index contributed by atoms with van der Waals surface area (Å²) < 4.78 is 5.70. The van der Waals surface area contributed by atoms with Crippen molar-refractivity contribution in [2.24, 2.45) is 0 Å². The van der Waals surface area contributed by atoms with Crippen LogP contribution in [0.5, 0.6) is 5.75 Å². The summed E-state index contributed by atoms with van der Waals surface area (Å²) >= 11 is 5.89. The minimum Gasteiger partial charge on any atom is -0.494 e. The number of benzene rings is 2. The molecule has 2 aromatic rings. The van der Waals surface area contributed by atoms with Crippen molar-refractivity contribution in [1.82, 2.24) is 10.2 Å². The molecule has 1 atom stereocenters. The fraction of sp³-hybridized carbons (Fsp3) is 0.440. The van der Waals surface area contributed by atoms with Crippen molar-refractivity contribution in [1.29, 1.82) is 0 Å². The van der Waals surface area contributed by atoms with Crippen molar-refractivity contribution in [3.05, 3.63) is 64.7 Å². The van der Waals surface area contributed by atoms with E-state index in [0.29, 0.717) is 37.4 Å². The molecule has 0 saturated heterocycles. The largest absolute Gasteiger partial charge is 0.494 e. The van der Waals surface area contributed by atoms with Gasteiger partial charge in [-0.2, -0.15) is 0 Å². The molecule has 168 valence electrons. The van der Waals surface area contributed by atoms with Crippen molar-refractivity contribution >= 4 is 23.4 Å². The maximum atomic E-state index is 13.1. The molecule has 2 aromatic carbocycles. The van der Waals surface area contributed by atoms with E-state index in [1.165, 1.54) is 0 Å². The van der Waals surface area contributed by atoms with Gasteiger partial charge in [-0.25, -0.2) is 0 Å². The van der Waals surface area contributed by atoms with Gasteiger partial charge in [-0.15, -0.1) is 0 Å². The summed E-state index contributed by atoms with van der Waals surface area (Å²) in [5.74, 6) is 0.553. The minimum atomic E-state index is -0.506. The second kappa shape index (κ2) is 12.4. The minimum absolute atomic E-state index is 0.0191. The average Bonchev–Trinajstić information content (AvgIpc) is 2.73. The van der Waals surface area contributed by atoms with Gasteiger partial charge in [0.2, 0.25) is 11.8 Å². The number of ether oxygens (including phenoxy) is 1. The molecule has 0 spiro atoms. The van der Waals surface area contributed by atoms with E-state index in [0.717, 1.165) is 16.9 Å². The Morgan fingerprint density at radius 2 is 1.71 bits per heavy atom. The first-order valence-corrected chi connectivity index (χ1v) is 11.2. The van der Waals surface area contributed by atoms with Crippen molar-refractivity contribution in [2.45, 2.75) is 65.6 Å². The number of nitrogens with one attached hydrogen (secondary N) is 1. The summed E-state index contributed by atoms with van der Waals surface area (Å²) in [4.78, 5) is 27.6. The van der Waals surface area contributed by atoms with Gasteiger partial charge >= 0.3 is 0 Å². The highest BCUT2D eigenvalue weighted by atomic mass is 35.5. The van der Waals surface area contributed by atoms with Crippen LogP contribution < -0.4 is 10.1 Å². The summed E-state index contributed by atoms with van der Waals surface area (Å²) in [6.07, 6.45) is 1.43. The van der Waals surface area contributed by atoms with Crippen LogP contribution >= 0.6 is 11.6 Å². The molecule has 1 N–H and O–H groups in total. The highest BCUT2D eigenvalue weighted by Gasteiger charge is 2.28. The lowest BCUT2D eigenvalue weighted by Gasteiger charge is -2.31. The van der Waals surface area contributed by atoms with Crippen LogP contribution in [0.15, 0.2) is 48.5 Å². The SMILES string of the molecule is CC[C@@H](C(=O)NC(C)C)N(Cc1ccc(C)cc1)C(=O)CCCOc1ccc(Cl)cc1. The summed E-state index contributed by atoms with van der Waals surface area (Å²) in [5, 5.41) is 3.60. The Labute approximate surface area is 190 Å². The standard InChI is InChI=1S/C25H33ClN2O3/c1-5-23(25(30)27-18(2)3)28(17-20-10-8-19(4)9-11-20)24(29)7-6-16-31-22-14-12-21(26)13-15-22/h8-15,18,23H,5-7,16-17H2,1-4H3,(H,27,30)/t23-/m0/s1. The van der Waals surface area contributed by atoms with Gasteiger partial charge in [0.05, 0.1) is 6.61 Å². The van der Waals surface area contributed by atoms with E-state index < -0.39 is 6.04 Å². The molecule has 0 aromatic heterocycles. The second-order valence-electron chi connectivity index (χ2n) is 8.00. The van der Waals surface area contributed by atoms with Crippen molar-refractivity contribution in [3.63, 3.8) is 0 Å². The zero-order valence-corrected chi connectivity index (χ0v) is 19.6. The van der Waals surface area contributed by atoms with Crippen molar-refractivity contribution in [2.75, 3.05) is 6.61 Å². The van der Waals surface area contributed by atoms with Crippen molar-refractivity contribution < 1.29 is 14.3 Å². The Bertz CT molecular complexity index is 835. The fourth-order valence-corrected chi connectivity index (χ4v) is 3.40. The van der Waals surface area contributed by atoms with E-state index in [4.69, 9.17) is 16.3 Å². The van der Waals surface area contributed by atoms with Crippen LogP contribution in [0, 0.1) is 6.92 Å². The van der Waals surface area contributed by atoms with Crippen LogP contribution in [0.1, 0.15) is 51.2 Å². The highest BCUT2D eigenvalue weighted by molar-refractivity contribution is 6.30. The smallest absolute Gasteiger partial charge is 0.243 e. The predicted molar refractivity (Wildman–Crippen MR) is 125 cm³/mol. The van der Waals surface area contributed by atoms with Crippen LogP contribution in [0.25, 0.3) is 0 Å². The van der Waals surface area contributed by atoms with Crippen molar-refractivity contribution in [3.8, 4) is 5.75 Å². The molecule has 0 fully saturated rings. The Kier molecular flexibility index (Phi) is 9.86. The third-order valence-electron chi connectivity index (χ3n) is 4.91. The molecule has 0 aliphatic heterocycles. The molecule has 0 heterocycles. The number of amides is 2. The number of hydrogen-bond acceptors (Lipinski definition) is 3. The fourth-order valence-electron chi connectivity index (χ4n) is 3.28. The van der Waals surface area contributed by atoms with E-state index in [-0.39, 0.29) is 17.9 Å². The third kappa shape index (κ3) is 8.25. The molecule has 0 radical (unpaired) electrons. The Balaban J connectivity index is 2.04. The van der Waals surface area contributed by atoms with Gasteiger partial charge in [0.15, 0.2) is 0 Å². The van der Waals surface area contributed by atoms with E-state index >= 15 is 0 Å². The van der Waals surface area contributed by atoms with Crippen LogP contribution in [-0.2, 0) is 16.1 Å². The lowest BCUT2D eigenvalue weighted by atomic mass is 10.1.